The highest BCUT2D eigenvalue weighted by Gasteiger charge is 2.33. The molecule has 0 bridgehead atoms. The number of fused-ring (bicyclic) bond motifs is 1. The zero-order valence-electron chi connectivity index (χ0n) is 20.6. The van der Waals surface area contributed by atoms with E-state index in [-0.39, 0.29) is 47.9 Å². The highest BCUT2D eigenvalue weighted by atomic mass is 19.4. The summed E-state index contributed by atoms with van der Waals surface area (Å²) in [5.74, 6) is -0.0384. The van der Waals surface area contributed by atoms with E-state index < -0.39 is 11.7 Å². The van der Waals surface area contributed by atoms with Gasteiger partial charge in [-0.2, -0.15) is 23.5 Å². The Labute approximate surface area is 212 Å². The number of hydrogen-bond acceptors (Lipinski definition) is 6. The number of piperazine rings is 1. The summed E-state index contributed by atoms with van der Waals surface area (Å²) in [5.41, 5.74) is 0.0275. The van der Waals surface area contributed by atoms with Gasteiger partial charge in [0.1, 0.15) is 11.6 Å². The summed E-state index contributed by atoms with van der Waals surface area (Å²) >= 11 is 0. The molecule has 1 saturated heterocycles. The van der Waals surface area contributed by atoms with E-state index in [0.717, 1.165) is 12.1 Å². The van der Waals surface area contributed by atoms with Crippen molar-refractivity contribution in [3.8, 4) is 6.07 Å². The van der Waals surface area contributed by atoms with Crippen LogP contribution in [0.4, 0.5) is 19.0 Å². The van der Waals surface area contributed by atoms with Crippen LogP contribution in [0.3, 0.4) is 0 Å². The van der Waals surface area contributed by atoms with Crippen LogP contribution in [-0.2, 0) is 15.8 Å². The van der Waals surface area contributed by atoms with Crippen molar-refractivity contribution in [3.05, 3.63) is 53.2 Å². The number of rotatable bonds is 6. The molecule has 0 spiro atoms. The van der Waals surface area contributed by atoms with Crippen molar-refractivity contribution in [1.29, 1.82) is 5.26 Å². The van der Waals surface area contributed by atoms with Gasteiger partial charge in [0.2, 0.25) is 11.8 Å². The number of nitrogens with zero attached hydrogens (tertiary/aromatic N) is 6. The molecule has 4 rings (SSSR count). The van der Waals surface area contributed by atoms with E-state index in [9.17, 15) is 28.0 Å². The maximum Gasteiger partial charge on any atom is 0.416 e. The third kappa shape index (κ3) is 6.00. The van der Waals surface area contributed by atoms with Crippen LogP contribution in [0.25, 0.3) is 5.70 Å². The molecule has 2 amide bonds. The predicted octanol–water partition coefficient (Wildman–Crippen LogP) is 2.15. The van der Waals surface area contributed by atoms with Gasteiger partial charge in [0.25, 0.3) is 0 Å². The number of alkyl halides is 3. The Morgan fingerprint density at radius 1 is 1.14 bits per heavy atom. The number of halogens is 3. The van der Waals surface area contributed by atoms with E-state index in [1.54, 1.807) is 6.08 Å². The Morgan fingerprint density at radius 2 is 1.81 bits per heavy atom. The van der Waals surface area contributed by atoms with E-state index >= 15 is 0 Å². The van der Waals surface area contributed by atoms with Gasteiger partial charge in [0, 0.05) is 44.3 Å². The number of anilines is 1. The molecule has 12 heteroatoms. The molecule has 0 radical (unpaired) electrons. The number of hydrogen-bond donors (Lipinski definition) is 1. The summed E-state index contributed by atoms with van der Waals surface area (Å²) in [5, 5.41) is 16.7. The fourth-order valence-corrected chi connectivity index (χ4v) is 4.48. The third-order valence-electron chi connectivity index (χ3n) is 6.24. The second-order valence-corrected chi connectivity index (χ2v) is 9.35. The van der Waals surface area contributed by atoms with Crippen LogP contribution in [0.1, 0.15) is 30.5 Å². The Kier molecular flexibility index (Phi) is 7.65. The highest BCUT2D eigenvalue weighted by Crippen LogP contribution is 2.34. The van der Waals surface area contributed by atoms with Crippen molar-refractivity contribution in [2.75, 3.05) is 50.7 Å². The van der Waals surface area contributed by atoms with Gasteiger partial charge in [0.05, 0.1) is 30.5 Å². The Bertz CT molecular complexity index is 1240. The molecule has 196 valence electrons. The van der Waals surface area contributed by atoms with Crippen molar-refractivity contribution in [3.63, 3.8) is 0 Å². The Hall–Kier alpha value is -3.69. The molecule has 1 N–H and O–H groups in total. The molecular formula is C25H28F3N7O2. The van der Waals surface area contributed by atoms with Crippen molar-refractivity contribution >= 4 is 23.3 Å². The summed E-state index contributed by atoms with van der Waals surface area (Å²) in [6, 6.07) is 6.98. The van der Waals surface area contributed by atoms with Gasteiger partial charge in [-0.3, -0.25) is 24.3 Å². The van der Waals surface area contributed by atoms with Gasteiger partial charge < -0.3 is 5.32 Å². The molecule has 1 aromatic heterocycles. The van der Waals surface area contributed by atoms with Gasteiger partial charge in [-0.15, -0.1) is 0 Å². The standard InChI is InChI=1S/C25H28F3N7O2/c1-17(2)31-22(36)15-32-8-10-33(11-9-32)16-23(37)34-7-6-21(35-24(34)19(13-29)14-30-35)18-4-3-5-20(12-18)25(26,27)28/h3-6,12,14,17H,7-11,15-16H2,1-2H3,(H,31,36). The molecule has 37 heavy (non-hydrogen) atoms. The predicted molar refractivity (Wildman–Crippen MR) is 130 cm³/mol. The van der Waals surface area contributed by atoms with Crippen molar-refractivity contribution in [1.82, 2.24) is 24.9 Å². The number of amides is 2. The van der Waals surface area contributed by atoms with Crippen molar-refractivity contribution < 1.29 is 22.8 Å². The van der Waals surface area contributed by atoms with Crippen LogP contribution in [0.5, 0.6) is 0 Å². The largest absolute Gasteiger partial charge is 0.416 e. The third-order valence-corrected chi connectivity index (χ3v) is 6.24. The number of benzene rings is 1. The molecule has 0 saturated carbocycles. The van der Waals surface area contributed by atoms with Gasteiger partial charge in [-0.25, -0.2) is 4.68 Å². The van der Waals surface area contributed by atoms with Crippen LogP contribution >= 0.6 is 0 Å². The summed E-state index contributed by atoms with van der Waals surface area (Å²) in [4.78, 5) is 30.7. The average Bonchev–Trinajstić information content (AvgIpc) is 3.28. The van der Waals surface area contributed by atoms with E-state index in [0.29, 0.717) is 38.4 Å². The van der Waals surface area contributed by atoms with E-state index in [4.69, 9.17) is 0 Å². The average molecular weight is 516 g/mol. The van der Waals surface area contributed by atoms with Crippen LogP contribution in [0.15, 0.2) is 36.5 Å². The van der Waals surface area contributed by atoms with Crippen LogP contribution in [0.2, 0.25) is 0 Å². The van der Waals surface area contributed by atoms with Gasteiger partial charge in [-0.05, 0) is 32.1 Å². The summed E-state index contributed by atoms with van der Waals surface area (Å²) in [7, 11) is 0. The molecule has 1 aromatic carbocycles. The maximum atomic E-state index is 13.3. The highest BCUT2D eigenvalue weighted by molar-refractivity contribution is 5.97. The fraction of sp³-hybridized carbons (Fsp3) is 0.440. The molecule has 2 aliphatic rings. The Balaban J connectivity index is 1.46. The number of carbonyl (C=O) groups excluding carboxylic acids is 2. The summed E-state index contributed by atoms with van der Waals surface area (Å²) in [6.45, 7) is 6.80. The van der Waals surface area contributed by atoms with Crippen LogP contribution in [0, 0.1) is 11.3 Å². The smallest absolute Gasteiger partial charge is 0.353 e. The molecule has 2 aliphatic heterocycles. The lowest BCUT2D eigenvalue weighted by molar-refractivity contribution is -0.137. The van der Waals surface area contributed by atoms with Crippen molar-refractivity contribution in [2.45, 2.75) is 26.1 Å². The topological polar surface area (TPSA) is 97.5 Å². The Morgan fingerprint density at radius 3 is 2.43 bits per heavy atom. The maximum absolute atomic E-state index is 13.3. The van der Waals surface area contributed by atoms with Crippen LogP contribution in [-0.4, -0.2) is 83.2 Å². The number of aromatic nitrogens is 2. The first-order valence-electron chi connectivity index (χ1n) is 12.0. The molecule has 0 aliphatic carbocycles. The molecule has 9 nitrogen and oxygen atoms in total. The SMILES string of the molecule is CC(C)NC(=O)CN1CCN(CC(=O)N2CC=C(c3cccc(C(F)(F)F)c3)n3ncc(C#N)c32)CC1. The summed E-state index contributed by atoms with van der Waals surface area (Å²) < 4.78 is 41.1. The first-order valence-corrected chi connectivity index (χ1v) is 12.0. The molecule has 3 heterocycles. The number of carbonyl (C=O) groups is 2. The quantitative estimate of drug-likeness (QED) is 0.633. The lowest BCUT2D eigenvalue weighted by atomic mass is 10.1. The monoisotopic (exact) mass is 515 g/mol. The van der Waals surface area contributed by atoms with Gasteiger partial charge >= 0.3 is 6.18 Å². The normalized spacial score (nSPS) is 16.8. The van der Waals surface area contributed by atoms with E-state index in [1.807, 2.05) is 29.7 Å². The zero-order valence-corrected chi connectivity index (χ0v) is 20.6. The van der Waals surface area contributed by atoms with Gasteiger partial charge in [-0.1, -0.05) is 12.1 Å². The minimum Gasteiger partial charge on any atom is -0.353 e. The van der Waals surface area contributed by atoms with Gasteiger partial charge in [0.15, 0.2) is 5.82 Å². The molecular weight excluding hydrogens is 487 g/mol. The molecule has 0 unspecified atom stereocenters. The van der Waals surface area contributed by atoms with Crippen LogP contribution < -0.4 is 10.2 Å². The first kappa shape index (κ1) is 26.4. The zero-order chi connectivity index (χ0) is 26.7. The minimum atomic E-state index is -4.50. The summed E-state index contributed by atoms with van der Waals surface area (Å²) in [6.07, 6.45) is -1.55. The minimum absolute atomic E-state index is 0.0338. The van der Waals surface area contributed by atoms with E-state index in [1.165, 1.54) is 27.9 Å². The lowest BCUT2D eigenvalue weighted by Gasteiger charge is -2.35. The fourth-order valence-electron chi connectivity index (χ4n) is 4.48. The van der Waals surface area contributed by atoms with Crippen molar-refractivity contribution in [2.24, 2.45) is 0 Å². The van der Waals surface area contributed by atoms with E-state index in [2.05, 4.69) is 10.4 Å². The molecule has 1 fully saturated rings. The molecule has 2 aromatic rings. The number of nitrogens with one attached hydrogen (secondary N) is 1. The number of nitriles is 1. The second-order valence-electron chi connectivity index (χ2n) is 9.35. The second kappa shape index (κ2) is 10.7. The molecule has 0 atom stereocenters. The first-order chi connectivity index (χ1) is 17.6. The lowest BCUT2D eigenvalue weighted by Crippen LogP contribution is -2.52.